The van der Waals surface area contributed by atoms with Gasteiger partial charge in [-0.15, -0.1) is 0 Å². The molecule has 0 aromatic heterocycles. The van der Waals surface area contributed by atoms with Gasteiger partial charge >= 0.3 is 5.97 Å². The molecule has 0 unspecified atom stereocenters. The van der Waals surface area contributed by atoms with Crippen molar-refractivity contribution in [2.45, 2.75) is 64.7 Å². The smallest absolute Gasteiger partial charge is 0.303 e. The molecule has 3 nitrogen and oxygen atoms in total. The van der Waals surface area contributed by atoms with Gasteiger partial charge in [0.25, 0.3) is 0 Å². The third kappa shape index (κ3) is 9.11. The van der Waals surface area contributed by atoms with Crippen molar-refractivity contribution in [1.29, 1.82) is 0 Å². The zero-order valence-corrected chi connectivity index (χ0v) is 13.1. The zero-order valence-electron chi connectivity index (χ0n) is 13.1. The lowest BCUT2D eigenvalue weighted by atomic mass is 10.1. The number of ether oxygens (including phenoxy) is 1. The highest BCUT2D eigenvalue weighted by molar-refractivity contribution is 5.66. The van der Waals surface area contributed by atoms with Gasteiger partial charge in [0, 0.05) is 6.42 Å². The second-order valence-electron chi connectivity index (χ2n) is 5.51. The third-order valence-electron chi connectivity index (χ3n) is 3.55. The minimum atomic E-state index is -0.728. The van der Waals surface area contributed by atoms with Crippen molar-refractivity contribution in [3.8, 4) is 5.75 Å². The van der Waals surface area contributed by atoms with Crippen molar-refractivity contribution < 1.29 is 14.6 Å². The van der Waals surface area contributed by atoms with E-state index in [0.29, 0.717) is 6.42 Å². The van der Waals surface area contributed by atoms with Crippen LogP contribution in [0.1, 0.15) is 63.9 Å². The first-order chi connectivity index (χ1) is 10.2. The van der Waals surface area contributed by atoms with Gasteiger partial charge in [0.2, 0.25) is 0 Å². The molecule has 0 aliphatic carbocycles. The first-order valence-electron chi connectivity index (χ1n) is 8.16. The van der Waals surface area contributed by atoms with Gasteiger partial charge in [0.1, 0.15) is 5.75 Å². The highest BCUT2D eigenvalue weighted by Crippen LogP contribution is 2.15. The molecule has 0 amide bonds. The molecule has 0 radical (unpaired) electrons. The minimum absolute atomic E-state index is 0.232. The number of carboxylic acid groups (broad SMARTS) is 1. The van der Waals surface area contributed by atoms with Crippen molar-refractivity contribution in [3.63, 3.8) is 0 Å². The maximum atomic E-state index is 10.5. The molecule has 0 aliphatic rings. The monoisotopic (exact) mass is 292 g/mol. The van der Waals surface area contributed by atoms with E-state index in [1.165, 1.54) is 37.7 Å². The summed E-state index contributed by atoms with van der Waals surface area (Å²) in [6.07, 6.45) is 9.35. The van der Waals surface area contributed by atoms with E-state index in [-0.39, 0.29) is 6.42 Å². The van der Waals surface area contributed by atoms with Crippen LogP contribution < -0.4 is 4.74 Å². The molecule has 0 saturated carbocycles. The minimum Gasteiger partial charge on any atom is -0.494 e. The summed E-state index contributed by atoms with van der Waals surface area (Å²) < 4.78 is 5.72. The molecule has 0 bridgehead atoms. The Morgan fingerprint density at radius 2 is 1.67 bits per heavy atom. The number of rotatable bonds is 12. The molecule has 1 aromatic carbocycles. The molecule has 1 aromatic rings. The summed E-state index contributed by atoms with van der Waals surface area (Å²) in [5, 5.41) is 8.60. The van der Waals surface area contributed by atoms with Crippen LogP contribution in [0.3, 0.4) is 0 Å². The predicted molar refractivity (Wildman–Crippen MR) is 85.9 cm³/mol. The lowest BCUT2D eigenvalue weighted by molar-refractivity contribution is -0.137. The second kappa shape index (κ2) is 11.2. The average Bonchev–Trinajstić information content (AvgIpc) is 2.47. The molecule has 0 fully saturated rings. The van der Waals surface area contributed by atoms with E-state index in [1.807, 2.05) is 24.3 Å². The summed E-state index contributed by atoms with van der Waals surface area (Å²) in [6, 6.07) is 8.01. The van der Waals surface area contributed by atoms with Crippen LogP contribution in [0.4, 0.5) is 0 Å². The van der Waals surface area contributed by atoms with Gasteiger partial charge in [-0.05, 0) is 37.0 Å². The summed E-state index contributed by atoms with van der Waals surface area (Å²) in [6.45, 7) is 3.01. The van der Waals surface area contributed by atoms with Crippen molar-refractivity contribution in [1.82, 2.24) is 0 Å². The number of unbranched alkanes of at least 4 members (excludes halogenated alkanes) is 5. The van der Waals surface area contributed by atoms with Gasteiger partial charge in [-0.3, -0.25) is 4.79 Å². The van der Waals surface area contributed by atoms with E-state index in [9.17, 15) is 4.79 Å². The van der Waals surface area contributed by atoms with Crippen LogP contribution >= 0.6 is 0 Å². The average molecular weight is 292 g/mol. The largest absolute Gasteiger partial charge is 0.494 e. The summed E-state index contributed by atoms with van der Waals surface area (Å²) in [5.41, 5.74) is 1.17. The Morgan fingerprint density at radius 3 is 2.33 bits per heavy atom. The van der Waals surface area contributed by atoms with E-state index in [4.69, 9.17) is 9.84 Å². The van der Waals surface area contributed by atoms with Crippen LogP contribution in [0.2, 0.25) is 0 Å². The molecule has 21 heavy (non-hydrogen) atoms. The lowest BCUT2D eigenvalue weighted by Crippen LogP contribution is -1.98. The van der Waals surface area contributed by atoms with Crippen LogP contribution in [0.25, 0.3) is 0 Å². The highest BCUT2D eigenvalue weighted by Gasteiger charge is 1.99. The molecule has 1 N–H and O–H groups in total. The Bertz CT molecular complexity index is 384. The fourth-order valence-corrected chi connectivity index (χ4v) is 2.27. The Morgan fingerprint density at radius 1 is 1.00 bits per heavy atom. The molecular formula is C18H28O3. The summed E-state index contributed by atoms with van der Waals surface area (Å²) >= 11 is 0. The van der Waals surface area contributed by atoms with E-state index in [0.717, 1.165) is 25.2 Å². The molecule has 3 heteroatoms. The standard InChI is InChI=1S/C18H28O3/c1-2-3-4-5-6-7-15-21-17-13-11-16(12-14-17)9-8-10-18(19)20/h11-14H,2-10,15H2,1H3,(H,19,20). The number of hydrogen-bond donors (Lipinski definition) is 1. The van der Waals surface area contributed by atoms with Crippen LogP contribution in [-0.2, 0) is 11.2 Å². The number of benzene rings is 1. The van der Waals surface area contributed by atoms with E-state index in [1.54, 1.807) is 0 Å². The van der Waals surface area contributed by atoms with Crippen LogP contribution in [0, 0.1) is 0 Å². The van der Waals surface area contributed by atoms with Crippen LogP contribution in [-0.4, -0.2) is 17.7 Å². The topological polar surface area (TPSA) is 46.5 Å². The van der Waals surface area contributed by atoms with E-state index >= 15 is 0 Å². The SMILES string of the molecule is CCCCCCCCOc1ccc(CCCC(=O)O)cc1. The van der Waals surface area contributed by atoms with Crippen molar-refractivity contribution in [2.75, 3.05) is 6.61 Å². The molecule has 0 atom stereocenters. The summed E-state index contributed by atoms with van der Waals surface area (Å²) in [4.78, 5) is 10.5. The molecule has 0 saturated heterocycles. The van der Waals surface area contributed by atoms with Gasteiger partial charge in [0.05, 0.1) is 6.61 Å². The quantitative estimate of drug-likeness (QED) is 0.561. The zero-order chi connectivity index (χ0) is 15.3. The van der Waals surface area contributed by atoms with Crippen molar-refractivity contribution >= 4 is 5.97 Å². The maximum absolute atomic E-state index is 10.5. The Balaban J connectivity index is 2.12. The van der Waals surface area contributed by atoms with Crippen molar-refractivity contribution in [3.05, 3.63) is 29.8 Å². The van der Waals surface area contributed by atoms with Gasteiger partial charge < -0.3 is 9.84 Å². The van der Waals surface area contributed by atoms with Crippen LogP contribution in [0.5, 0.6) is 5.75 Å². The summed E-state index contributed by atoms with van der Waals surface area (Å²) in [5.74, 6) is 0.180. The van der Waals surface area contributed by atoms with Gasteiger partial charge in [0.15, 0.2) is 0 Å². The Hall–Kier alpha value is -1.51. The fraction of sp³-hybridized carbons (Fsp3) is 0.611. The fourth-order valence-electron chi connectivity index (χ4n) is 2.27. The van der Waals surface area contributed by atoms with Gasteiger partial charge in [-0.2, -0.15) is 0 Å². The molecule has 118 valence electrons. The first-order valence-corrected chi connectivity index (χ1v) is 8.16. The van der Waals surface area contributed by atoms with E-state index < -0.39 is 5.97 Å². The first kappa shape index (κ1) is 17.5. The highest BCUT2D eigenvalue weighted by atomic mass is 16.5. The number of aliphatic carboxylic acids is 1. The van der Waals surface area contributed by atoms with Gasteiger partial charge in [-0.25, -0.2) is 0 Å². The molecule has 0 aliphatic heterocycles. The van der Waals surface area contributed by atoms with E-state index in [2.05, 4.69) is 6.92 Å². The lowest BCUT2D eigenvalue weighted by Gasteiger charge is -2.07. The number of carbonyl (C=O) groups is 1. The Labute approximate surface area is 128 Å². The molecule has 1 rings (SSSR count). The number of aryl methyl sites for hydroxylation is 1. The van der Waals surface area contributed by atoms with Crippen molar-refractivity contribution in [2.24, 2.45) is 0 Å². The maximum Gasteiger partial charge on any atom is 0.303 e. The summed E-state index contributed by atoms with van der Waals surface area (Å²) in [7, 11) is 0. The number of hydrogen-bond acceptors (Lipinski definition) is 2. The molecule has 0 spiro atoms. The van der Waals surface area contributed by atoms with Crippen LogP contribution in [0.15, 0.2) is 24.3 Å². The molecule has 0 heterocycles. The Kier molecular flexibility index (Phi) is 9.34. The normalized spacial score (nSPS) is 10.5. The second-order valence-corrected chi connectivity index (χ2v) is 5.51. The van der Waals surface area contributed by atoms with Gasteiger partial charge in [-0.1, -0.05) is 51.2 Å². The molecular weight excluding hydrogens is 264 g/mol. The number of carboxylic acids is 1. The predicted octanol–water partition coefficient (Wildman–Crippen LogP) is 4.83. The third-order valence-corrected chi connectivity index (χ3v) is 3.55.